The molecule has 0 amide bonds. The number of rotatable bonds is 7. The van der Waals surface area contributed by atoms with Gasteiger partial charge in [0, 0.05) is 41.5 Å². The normalized spacial score (nSPS) is 14.0. The first-order chi connectivity index (χ1) is 19.2. The van der Waals surface area contributed by atoms with Gasteiger partial charge in [0.15, 0.2) is 0 Å². The van der Waals surface area contributed by atoms with Gasteiger partial charge in [0.05, 0.1) is 41.9 Å². The summed E-state index contributed by atoms with van der Waals surface area (Å²) in [6.07, 6.45) is 4.84. The Bertz CT molecular complexity index is 1960. The molecule has 8 nitrogen and oxygen atoms in total. The van der Waals surface area contributed by atoms with E-state index >= 15 is 4.39 Å². The van der Waals surface area contributed by atoms with Crippen LogP contribution in [0.1, 0.15) is 22.7 Å². The molecule has 1 fully saturated rings. The molecular formula is C29H24ClFN4O4S. The largest absolute Gasteiger partial charge is 0.377 e. The standard InChI is InChI=1S/C29H24ClFN4O4S/c1-18(22-9-6-10-25(30)27(22)31)24-14-33(2)29(36)28-23(24)11-26(20-12-32-34(13-20)21-15-39-16-21)35(28)40(37,38)17-19-7-4-3-5-8-19/h3-14,21H,1,15-17H2,2H3. The van der Waals surface area contributed by atoms with Crippen molar-refractivity contribution in [2.45, 2.75) is 11.8 Å². The van der Waals surface area contributed by atoms with Gasteiger partial charge in [0.1, 0.15) is 11.3 Å². The van der Waals surface area contributed by atoms with E-state index in [0.29, 0.717) is 35.3 Å². The number of pyridine rings is 1. The zero-order valence-electron chi connectivity index (χ0n) is 21.4. The van der Waals surface area contributed by atoms with Gasteiger partial charge >= 0.3 is 0 Å². The molecule has 11 heteroatoms. The molecule has 204 valence electrons. The van der Waals surface area contributed by atoms with E-state index in [2.05, 4.69) is 11.7 Å². The fourth-order valence-electron chi connectivity index (χ4n) is 4.90. The van der Waals surface area contributed by atoms with Crippen LogP contribution in [-0.4, -0.2) is 40.0 Å². The van der Waals surface area contributed by atoms with E-state index in [0.717, 1.165) is 3.97 Å². The molecule has 0 spiro atoms. The highest BCUT2D eigenvalue weighted by Gasteiger charge is 2.29. The summed E-state index contributed by atoms with van der Waals surface area (Å²) >= 11 is 6.04. The summed E-state index contributed by atoms with van der Waals surface area (Å²) in [5.41, 5.74) is 1.55. The van der Waals surface area contributed by atoms with Crippen LogP contribution in [0.3, 0.4) is 0 Å². The molecule has 0 saturated carbocycles. The highest BCUT2D eigenvalue weighted by atomic mass is 35.5. The number of hydrogen-bond donors (Lipinski definition) is 0. The van der Waals surface area contributed by atoms with Crippen molar-refractivity contribution in [3.8, 4) is 11.3 Å². The summed E-state index contributed by atoms with van der Waals surface area (Å²) in [5.74, 6) is -0.997. The monoisotopic (exact) mass is 578 g/mol. The van der Waals surface area contributed by atoms with Crippen molar-refractivity contribution < 1.29 is 17.5 Å². The van der Waals surface area contributed by atoms with Gasteiger partial charge in [0.25, 0.3) is 5.56 Å². The SMILES string of the molecule is C=C(c1cccc(Cl)c1F)c1cn(C)c(=O)c2c1cc(-c1cnn(C3COC3)c1)n2S(=O)(=O)Cc1ccccc1. The first-order valence-corrected chi connectivity index (χ1v) is 14.4. The van der Waals surface area contributed by atoms with Crippen molar-refractivity contribution in [3.05, 3.63) is 118 Å². The summed E-state index contributed by atoms with van der Waals surface area (Å²) < 4.78 is 52.5. The number of benzene rings is 2. The average Bonchev–Trinajstić information content (AvgIpc) is 3.53. The van der Waals surface area contributed by atoms with Crippen LogP contribution in [0.2, 0.25) is 5.02 Å². The fourth-order valence-corrected chi connectivity index (χ4v) is 6.73. The highest BCUT2D eigenvalue weighted by molar-refractivity contribution is 7.89. The highest BCUT2D eigenvalue weighted by Crippen LogP contribution is 2.36. The molecule has 6 rings (SSSR count). The molecule has 0 N–H and O–H groups in total. The van der Waals surface area contributed by atoms with Gasteiger partial charge in [-0.15, -0.1) is 0 Å². The molecule has 0 bridgehead atoms. The molecule has 2 aromatic carbocycles. The minimum absolute atomic E-state index is 0.0431. The molecule has 0 atom stereocenters. The zero-order valence-corrected chi connectivity index (χ0v) is 23.0. The molecule has 1 saturated heterocycles. The van der Waals surface area contributed by atoms with Gasteiger partial charge in [-0.05, 0) is 23.3 Å². The Morgan fingerprint density at radius 1 is 1.12 bits per heavy atom. The van der Waals surface area contributed by atoms with E-state index in [4.69, 9.17) is 16.3 Å². The maximum absolute atomic E-state index is 15.0. The summed E-state index contributed by atoms with van der Waals surface area (Å²) in [4.78, 5) is 13.6. The van der Waals surface area contributed by atoms with Gasteiger partial charge in [-0.25, -0.2) is 16.8 Å². The molecule has 3 aromatic heterocycles. The Morgan fingerprint density at radius 2 is 1.88 bits per heavy atom. The van der Waals surface area contributed by atoms with Crippen LogP contribution in [0.15, 0.2) is 84.6 Å². The molecule has 1 aliphatic heterocycles. The van der Waals surface area contributed by atoms with Crippen molar-refractivity contribution in [2.24, 2.45) is 7.05 Å². The Balaban J connectivity index is 1.63. The molecular weight excluding hydrogens is 555 g/mol. The minimum Gasteiger partial charge on any atom is -0.377 e. The maximum Gasteiger partial charge on any atom is 0.275 e. The van der Waals surface area contributed by atoms with Gasteiger partial charge in [0.2, 0.25) is 10.0 Å². The molecule has 1 aliphatic rings. The maximum atomic E-state index is 15.0. The lowest BCUT2D eigenvalue weighted by atomic mass is 9.97. The summed E-state index contributed by atoms with van der Waals surface area (Å²) in [6.45, 7) is 5.11. The first kappa shape index (κ1) is 26.2. The van der Waals surface area contributed by atoms with Gasteiger partial charge in [-0.1, -0.05) is 60.6 Å². The lowest BCUT2D eigenvalue weighted by molar-refractivity contribution is -0.0286. The summed E-state index contributed by atoms with van der Waals surface area (Å²) in [6, 6.07) is 15.0. The van der Waals surface area contributed by atoms with Gasteiger partial charge in [-0.2, -0.15) is 5.10 Å². The topological polar surface area (TPSA) is 88.1 Å². The summed E-state index contributed by atoms with van der Waals surface area (Å²) in [7, 11) is -2.61. The lowest BCUT2D eigenvalue weighted by Crippen LogP contribution is -2.30. The molecule has 40 heavy (non-hydrogen) atoms. The van der Waals surface area contributed by atoms with Crippen molar-refractivity contribution in [1.29, 1.82) is 0 Å². The second-order valence-corrected chi connectivity index (χ2v) is 12.0. The Hall–Kier alpha value is -3.99. The van der Waals surface area contributed by atoms with Crippen molar-refractivity contribution in [1.82, 2.24) is 18.3 Å². The quantitative estimate of drug-likeness (QED) is 0.271. The third kappa shape index (κ3) is 4.38. The van der Waals surface area contributed by atoms with E-state index in [1.807, 2.05) is 0 Å². The predicted octanol–water partition coefficient (Wildman–Crippen LogP) is 5.01. The van der Waals surface area contributed by atoms with Crippen LogP contribution in [0.5, 0.6) is 0 Å². The number of fused-ring (bicyclic) bond motifs is 1. The second kappa shape index (κ2) is 9.88. The van der Waals surface area contributed by atoms with Crippen LogP contribution in [0, 0.1) is 5.82 Å². The van der Waals surface area contributed by atoms with Crippen LogP contribution in [-0.2, 0) is 27.6 Å². The smallest absolute Gasteiger partial charge is 0.275 e. The molecule has 0 radical (unpaired) electrons. The Morgan fingerprint density at radius 3 is 2.58 bits per heavy atom. The first-order valence-electron chi connectivity index (χ1n) is 12.4. The predicted molar refractivity (Wildman–Crippen MR) is 152 cm³/mol. The number of halogens is 2. The van der Waals surface area contributed by atoms with Crippen LogP contribution in [0.25, 0.3) is 27.7 Å². The Kier molecular flexibility index (Phi) is 6.48. The van der Waals surface area contributed by atoms with E-state index in [1.165, 1.54) is 29.9 Å². The van der Waals surface area contributed by atoms with Gasteiger partial charge in [-0.3, -0.25) is 9.48 Å². The van der Waals surface area contributed by atoms with Gasteiger partial charge < -0.3 is 9.30 Å². The zero-order chi connectivity index (χ0) is 28.2. The molecule has 0 aliphatic carbocycles. The van der Waals surface area contributed by atoms with Crippen LogP contribution >= 0.6 is 11.6 Å². The lowest BCUT2D eigenvalue weighted by Gasteiger charge is -2.25. The molecule has 5 aromatic rings. The fraction of sp³-hybridized carbons (Fsp3) is 0.172. The van der Waals surface area contributed by atoms with Crippen molar-refractivity contribution >= 4 is 38.1 Å². The van der Waals surface area contributed by atoms with E-state index in [-0.39, 0.29) is 39.2 Å². The number of aryl methyl sites for hydroxylation is 1. The second-order valence-electron chi connectivity index (χ2n) is 9.74. The summed E-state index contributed by atoms with van der Waals surface area (Å²) in [5, 5.41) is 4.67. The van der Waals surface area contributed by atoms with Crippen molar-refractivity contribution in [3.63, 3.8) is 0 Å². The average molecular weight is 579 g/mol. The molecule has 4 heterocycles. The number of hydrogen-bond acceptors (Lipinski definition) is 5. The third-order valence-corrected chi connectivity index (χ3v) is 8.98. The van der Waals surface area contributed by atoms with Crippen molar-refractivity contribution in [2.75, 3.05) is 13.2 Å². The van der Waals surface area contributed by atoms with Crippen LogP contribution < -0.4 is 5.56 Å². The number of ether oxygens (including phenoxy) is 1. The number of aromatic nitrogens is 4. The third-order valence-electron chi connectivity index (χ3n) is 7.06. The molecule has 0 unspecified atom stereocenters. The Labute approximate surface area is 234 Å². The van der Waals surface area contributed by atoms with Crippen LogP contribution in [0.4, 0.5) is 4.39 Å². The van der Waals surface area contributed by atoms with E-state index < -0.39 is 21.4 Å². The minimum atomic E-state index is -4.12. The van der Waals surface area contributed by atoms with E-state index in [9.17, 15) is 13.2 Å². The van der Waals surface area contributed by atoms with E-state index in [1.54, 1.807) is 59.5 Å². The number of nitrogens with zero attached hydrogens (tertiary/aromatic N) is 4.